The summed E-state index contributed by atoms with van der Waals surface area (Å²) in [7, 11) is 0. The summed E-state index contributed by atoms with van der Waals surface area (Å²) < 4.78 is 0. The molecule has 0 radical (unpaired) electrons. The molecule has 7 heteroatoms. The Kier molecular flexibility index (Phi) is 3.64. The second kappa shape index (κ2) is 4.97. The first-order chi connectivity index (χ1) is 9.25. The van der Waals surface area contributed by atoms with Gasteiger partial charge >= 0.3 is 5.97 Å². The van der Waals surface area contributed by atoms with Gasteiger partial charge in [-0.05, 0) is 12.8 Å². The van der Waals surface area contributed by atoms with Crippen molar-refractivity contribution < 1.29 is 19.5 Å². The summed E-state index contributed by atoms with van der Waals surface area (Å²) >= 11 is 1.12. The largest absolute Gasteiger partial charge is 0.481 e. The molecule has 20 heavy (non-hydrogen) atoms. The van der Waals surface area contributed by atoms with Crippen LogP contribution in [0.2, 0.25) is 0 Å². The van der Waals surface area contributed by atoms with Gasteiger partial charge in [0, 0.05) is 11.8 Å². The summed E-state index contributed by atoms with van der Waals surface area (Å²) in [6, 6.07) is 0. The highest BCUT2D eigenvalue weighted by Crippen LogP contribution is 2.41. The van der Waals surface area contributed by atoms with Crippen molar-refractivity contribution in [2.45, 2.75) is 33.6 Å². The van der Waals surface area contributed by atoms with E-state index in [1.807, 2.05) is 13.8 Å². The minimum absolute atomic E-state index is 0.0439. The molecule has 2 heterocycles. The van der Waals surface area contributed by atoms with E-state index in [1.54, 1.807) is 12.3 Å². The van der Waals surface area contributed by atoms with Crippen LogP contribution in [-0.2, 0) is 20.8 Å². The highest BCUT2D eigenvalue weighted by molar-refractivity contribution is 7.14. The highest BCUT2D eigenvalue weighted by Gasteiger charge is 2.51. The standard InChI is InChI=1S/C13H16N2O4S/c1-7(2)13(3)5-9(16)15(11(13)19)12-14-8(6-20-12)4-10(17)18/h6-7H,4-5H2,1-3H3,(H,17,18). The van der Waals surface area contributed by atoms with E-state index in [1.165, 1.54) is 0 Å². The first kappa shape index (κ1) is 14.6. The quantitative estimate of drug-likeness (QED) is 0.854. The number of anilines is 1. The van der Waals surface area contributed by atoms with Gasteiger partial charge in [-0.3, -0.25) is 14.4 Å². The molecule has 1 N–H and O–H groups in total. The Morgan fingerprint density at radius 3 is 2.70 bits per heavy atom. The van der Waals surface area contributed by atoms with Crippen LogP contribution in [0.4, 0.5) is 5.13 Å². The van der Waals surface area contributed by atoms with E-state index in [0.29, 0.717) is 5.69 Å². The summed E-state index contributed by atoms with van der Waals surface area (Å²) in [5.74, 6) is -1.48. The van der Waals surface area contributed by atoms with Crippen LogP contribution in [0.5, 0.6) is 0 Å². The maximum Gasteiger partial charge on any atom is 0.309 e. The van der Waals surface area contributed by atoms with E-state index in [9.17, 15) is 14.4 Å². The summed E-state index contributed by atoms with van der Waals surface area (Å²) in [6.45, 7) is 5.60. The zero-order chi connectivity index (χ0) is 15.1. The first-order valence-electron chi connectivity index (χ1n) is 6.29. The van der Waals surface area contributed by atoms with Gasteiger partial charge in [-0.1, -0.05) is 13.8 Å². The number of aromatic nitrogens is 1. The van der Waals surface area contributed by atoms with Gasteiger partial charge in [0.25, 0.3) is 0 Å². The molecule has 2 amide bonds. The van der Waals surface area contributed by atoms with Crippen LogP contribution in [0.25, 0.3) is 0 Å². The predicted octanol–water partition coefficient (Wildman–Crippen LogP) is 1.70. The zero-order valence-corrected chi connectivity index (χ0v) is 12.4. The summed E-state index contributed by atoms with van der Waals surface area (Å²) in [4.78, 5) is 40.4. The van der Waals surface area contributed by atoms with Crippen molar-refractivity contribution in [1.82, 2.24) is 4.98 Å². The van der Waals surface area contributed by atoms with Crippen molar-refractivity contribution in [3.63, 3.8) is 0 Å². The third kappa shape index (κ3) is 2.33. The minimum atomic E-state index is -0.993. The Morgan fingerprint density at radius 2 is 2.20 bits per heavy atom. The number of nitrogens with zero attached hydrogens (tertiary/aromatic N) is 2. The van der Waals surface area contributed by atoms with Crippen LogP contribution < -0.4 is 4.90 Å². The van der Waals surface area contributed by atoms with Crippen molar-refractivity contribution in [2.75, 3.05) is 4.90 Å². The lowest BCUT2D eigenvalue weighted by Crippen LogP contribution is -2.36. The monoisotopic (exact) mass is 296 g/mol. The molecule has 0 saturated carbocycles. The molecular weight excluding hydrogens is 280 g/mol. The van der Waals surface area contributed by atoms with Crippen molar-refractivity contribution >= 4 is 34.3 Å². The van der Waals surface area contributed by atoms with Crippen molar-refractivity contribution in [3.8, 4) is 0 Å². The molecule has 108 valence electrons. The molecule has 1 atom stereocenters. The Balaban J connectivity index is 2.29. The van der Waals surface area contributed by atoms with Crippen LogP contribution >= 0.6 is 11.3 Å². The summed E-state index contributed by atoms with van der Waals surface area (Å²) in [5, 5.41) is 10.5. The normalized spacial score (nSPS) is 22.9. The number of rotatable bonds is 4. The minimum Gasteiger partial charge on any atom is -0.481 e. The Labute approximate surface area is 120 Å². The third-order valence-electron chi connectivity index (χ3n) is 3.80. The Bertz CT molecular complexity index is 581. The predicted molar refractivity (Wildman–Crippen MR) is 73.5 cm³/mol. The van der Waals surface area contributed by atoms with Gasteiger partial charge in [0.2, 0.25) is 11.8 Å². The fourth-order valence-electron chi connectivity index (χ4n) is 2.12. The van der Waals surface area contributed by atoms with Gasteiger partial charge in [0.1, 0.15) is 0 Å². The lowest BCUT2D eigenvalue weighted by molar-refractivity contribution is -0.136. The van der Waals surface area contributed by atoms with E-state index < -0.39 is 11.4 Å². The van der Waals surface area contributed by atoms with Gasteiger partial charge < -0.3 is 5.11 Å². The fraction of sp³-hybridized carbons (Fsp3) is 0.538. The van der Waals surface area contributed by atoms with E-state index >= 15 is 0 Å². The van der Waals surface area contributed by atoms with Gasteiger partial charge in [-0.15, -0.1) is 11.3 Å². The number of carboxylic acid groups (broad SMARTS) is 1. The molecule has 1 saturated heterocycles. The molecule has 1 fully saturated rings. The fourth-order valence-corrected chi connectivity index (χ4v) is 2.95. The number of thiazole rings is 1. The zero-order valence-electron chi connectivity index (χ0n) is 11.5. The summed E-state index contributed by atoms with van der Waals surface area (Å²) in [6.07, 6.45) is -0.0501. The molecule has 1 aliphatic rings. The third-order valence-corrected chi connectivity index (χ3v) is 4.67. The van der Waals surface area contributed by atoms with E-state index in [-0.39, 0.29) is 35.7 Å². The molecule has 0 aliphatic carbocycles. The number of imide groups is 1. The molecular formula is C13H16N2O4S. The van der Waals surface area contributed by atoms with Crippen molar-refractivity contribution in [2.24, 2.45) is 11.3 Å². The van der Waals surface area contributed by atoms with Crippen LogP contribution in [0.15, 0.2) is 5.38 Å². The number of carboxylic acids is 1. The van der Waals surface area contributed by atoms with E-state index in [0.717, 1.165) is 16.2 Å². The van der Waals surface area contributed by atoms with Gasteiger partial charge in [0.15, 0.2) is 5.13 Å². The number of hydrogen-bond donors (Lipinski definition) is 1. The number of carbonyl (C=O) groups is 3. The van der Waals surface area contributed by atoms with Crippen LogP contribution in [0.1, 0.15) is 32.9 Å². The molecule has 1 aromatic rings. The first-order valence-corrected chi connectivity index (χ1v) is 7.17. The number of carbonyl (C=O) groups excluding carboxylic acids is 2. The molecule has 0 bridgehead atoms. The SMILES string of the molecule is CC(C)C1(C)CC(=O)N(c2nc(CC(=O)O)cs2)C1=O. The second-order valence-electron chi connectivity index (χ2n) is 5.48. The van der Waals surface area contributed by atoms with Gasteiger partial charge in [-0.25, -0.2) is 9.88 Å². The van der Waals surface area contributed by atoms with Crippen LogP contribution in [0.3, 0.4) is 0 Å². The maximum atomic E-state index is 12.5. The molecule has 0 spiro atoms. The average molecular weight is 296 g/mol. The second-order valence-corrected chi connectivity index (χ2v) is 6.31. The van der Waals surface area contributed by atoms with E-state index in [4.69, 9.17) is 5.11 Å². The summed E-state index contributed by atoms with van der Waals surface area (Å²) in [5.41, 5.74) is -0.355. The van der Waals surface area contributed by atoms with Gasteiger partial charge in [-0.2, -0.15) is 0 Å². The highest BCUT2D eigenvalue weighted by atomic mass is 32.1. The molecule has 1 aromatic heterocycles. The Hall–Kier alpha value is -1.76. The van der Waals surface area contributed by atoms with Crippen LogP contribution in [-0.4, -0.2) is 27.9 Å². The number of aliphatic carboxylic acids is 1. The van der Waals surface area contributed by atoms with E-state index in [2.05, 4.69) is 4.98 Å². The Morgan fingerprint density at radius 1 is 1.55 bits per heavy atom. The van der Waals surface area contributed by atoms with Crippen LogP contribution in [0, 0.1) is 11.3 Å². The molecule has 6 nitrogen and oxygen atoms in total. The topological polar surface area (TPSA) is 87.6 Å². The van der Waals surface area contributed by atoms with Crippen molar-refractivity contribution in [1.29, 1.82) is 0 Å². The number of hydrogen-bond acceptors (Lipinski definition) is 5. The average Bonchev–Trinajstić information content (AvgIpc) is 2.83. The lowest BCUT2D eigenvalue weighted by Gasteiger charge is -2.25. The molecule has 1 unspecified atom stereocenters. The smallest absolute Gasteiger partial charge is 0.309 e. The lowest BCUT2D eigenvalue weighted by atomic mass is 9.78. The van der Waals surface area contributed by atoms with Gasteiger partial charge in [0.05, 0.1) is 17.5 Å². The van der Waals surface area contributed by atoms with Crippen molar-refractivity contribution in [3.05, 3.63) is 11.1 Å². The molecule has 0 aromatic carbocycles. The molecule has 1 aliphatic heterocycles. The number of amides is 2. The molecule has 2 rings (SSSR count). The maximum absolute atomic E-state index is 12.5.